The Balaban J connectivity index is 0.000000941. The molecule has 29 heavy (non-hydrogen) atoms. The van der Waals surface area contributed by atoms with E-state index >= 15 is 0 Å². The molecule has 1 fully saturated rings. The molecule has 0 spiro atoms. The maximum absolute atomic E-state index is 11.0. The van der Waals surface area contributed by atoms with Crippen LogP contribution in [0.3, 0.4) is 0 Å². The Morgan fingerprint density at radius 3 is 2.31 bits per heavy atom. The number of halogens is 2. The average molecular weight is 512 g/mol. The van der Waals surface area contributed by atoms with Crippen LogP contribution < -0.4 is 0 Å². The van der Waals surface area contributed by atoms with Crippen LogP contribution in [-0.2, 0) is 26.3 Å². The number of phenols is 1. The van der Waals surface area contributed by atoms with Crippen molar-refractivity contribution in [2.75, 3.05) is 6.54 Å². The van der Waals surface area contributed by atoms with Gasteiger partial charge in [-0.15, -0.1) is 0 Å². The SMILES string of the molecule is Cc1ccc(C(C)(C)c2ccccc2)c(O)c1C=NCC1CCCCC1.[Cl][Zr][Cl]. The van der Waals surface area contributed by atoms with Crippen LogP contribution in [0.2, 0.25) is 0 Å². The Morgan fingerprint density at radius 1 is 1.07 bits per heavy atom. The molecule has 0 amide bonds. The molecule has 1 saturated carbocycles. The average Bonchev–Trinajstić information content (AvgIpc) is 2.72. The standard InChI is InChI=1S/C24H31NO.2ClH.Zr/c1-18-14-15-22(24(2,3)20-12-8-5-9-13-20)23(26)21(18)17-25-16-19-10-6-4-7-11-19;;;/h5,8-9,12-15,17,19,26H,4,6-7,10-11,16H2,1-3H3;2*1H;/q;;;+2/p-2. The number of hydrogen-bond donors (Lipinski definition) is 1. The van der Waals surface area contributed by atoms with E-state index < -0.39 is 20.8 Å². The normalized spacial score (nSPS) is 15.1. The van der Waals surface area contributed by atoms with Crippen LogP contribution in [0.15, 0.2) is 47.5 Å². The molecule has 0 atom stereocenters. The predicted molar refractivity (Wildman–Crippen MR) is 122 cm³/mol. The number of aryl methyl sites for hydroxylation is 1. The minimum atomic E-state index is -0.826. The van der Waals surface area contributed by atoms with Crippen molar-refractivity contribution in [3.63, 3.8) is 0 Å². The predicted octanol–water partition coefficient (Wildman–Crippen LogP) is 7.40. The van der Waals surface area contributed by atoms with Gasteiger partial charge in [0.2, 0.25) is 0 Å². The summed E-state index contributed by atoms with van der Waals surface area (Å²) in [5, 5.41) is 11.0. The second kappa shape index (κ2) is 12.3. The first-order valence-electron chi connectivity index (χ1n) is 10.3. The third-order valence-corrected chi connectivity index (χ3v) is 5.91. The van der Waals surface area contributed by atoms with Crippen LogP contribution in [0, 0.1) is 12.8 Å². The topological polar surface area (TPSA) is 32.6 Å². The molecule has 0 heterocycles. The minimum absolute atomic E-state index is 0.259. The van der Waals surface area contributed by atoms with Gasteiger partial charge in [-0.25, -0.2) is 0 Å². The van der Waals surface area contributed by atoms with Gasteiger partial charge in [0.25, 0.3) is 0 Å². The Labute approximate surface area is 194 Å². The van der Waals surface area contributed by atoms with E-state index in [1.807, 2.05) is 19.2 Å². The zero-order valence-corrected chi connectivity index (χ0v) is 21.6. The Morgan fingerprint density at radius 2 is 1.69 bits per heavy atom. The third-order valence-electron chi connectivity index (χ3n) is 5.91. The van der Waals surface area contributed by atoms with Crippen LogP contribution >= 0.6 is 17.0 Å². The van der Waals surface area contributed by atoms with Crippen molar-refractivity contribution >= 4 is 23.2 Å². The summed E-state index contributed by atoms with van der Waals surface area (Å²) in [6.07, 6.45) is 8.53. The first kappa shape index (κ1) is 24.6. The molecule has 2 aromatic rings. The van der Waals surface area contributed by atoms with Crippen LogP contribution in [0.4, 0.5) is 0 Å². The molecule has 1 N–H and O–H groups in total. The van der Waals surface area contributed by atoms with Crippen molar-refractivity contribution < 1.29 is 26.0 Å². The molecule has 2 aromatic carbocycles. The fourth-order valence-electron chi connectivity index (χ4n) is 4.05. The van der Waals surface area contributed by atoms with Crippen molar-refractivity contribution in [2.45, 2.75) is 58.3 Å². The number of rotatable bonds is 5. The van der Waals surface area contributed by atoms with Gasteiger partial charge >= 0.3 is 37.9 Å². The molecule has 0 aliphatic heterocycles. The molecule has 1 aliphatic rings. The van der Waals surface area contributed by atoms with Crippen molar-refractivity contribution in [1.29, 1.82) is 0 Å². The Kier molecular flexibility index (Phi) is 10.4. The number of hydrogen-bond acceptors (Lipinski definition) is 2. The van der Waals surface area contributed by atoms with Gasteiger partial charge in [-0.2, -0.15) is 0 Å². The second-order valence-corrected chi connectivity index (χ2v) is 12.0. The molecule has 0 aromatic heterocycles. The quantitative estimate of drug-likeness (QED) is 0.417. The van der Waals surface area contributed by atoms with E-state index in [4.69, 9.17) is 22.0 Å². The number of phenolic OH excluding ortho intramolecular Hbond substituents is 1. The number of aliphatic imine (C=N–C) groups is 1. The number of nitrogens with zero attached hydrogens (tertiary/aromatic N) is 1. The summed E-state index contributed by atoms with van der Waals surface area (Å²) in [6, 6.07) is 14.5. The summed E-state index contributed by atoms with van der Waals surface area (Å²) in [5.74, 6) is 1.08. The van der Waals surface area contributed by atoms with Crippen LogP contribution in [-0.4, -0.2) is 17.9 Å². The van der Waals surface area contributed by atoms with Gasteiger partial charge in [-0.1, -0.05) is 75.6 Å². The Hall–Kier alpha value is -0.627. The van der Waals surface area contributed by atoms with Crippen molar-refractivity contribution in [3.8, 4) is 5.75 Å². The van der Waals surface area contributed by atoms with E-state index in [9.17, 15) is 5.11 Å². The first-order chi connectivity index (χ1) is 13.9. The molecular formula is C24H31Cl2NOZr. The van der Waals surface area contributed by atoms with Gasteiger partial charge in [0, 0.05) is 29.3 Å². The summed E-state index contributed by atoms with van der Waals surface area (Å²) in [7, 11) is 9.87. The molecule has 0 radical (unpaired) electrons. The van der Waals surface area contributed by atoms with E-state index in [0.29, 0.717) is 11.7 Å². The summed E-state index contributed by atoms with van der Waals surface area (Å²) in [5.41, 5.74) is 3.83. The molecule has 2 nitrogen and oxygen atoms in total. The summed E-state index contributed by atoms with van der Waals surface area (Å²) in [6.45, 7) is 7.25. The van der Waals surface area contributed by atoms with Crippen molar-refractivity contribution in [1.82, 2.24) is 0 Å². The fraction of sp³-hybridized carbons (Fsp3) is 0.458. The third kappa shape index (κ3) is 6.95. The molecular weight excluding hydrogens is 480 g/mol. The van der Waals surface area contributed by atoms with Gasteiger partial charge in [0.15, 0.2) is 0 Å². The summed E-state index contributed by atoms with van der Waals surface area (Å²) < 4.78 is 0. The zero-order valence-electron chi connectivity index (χ0n) is 17.6. The molecule has 0 saturated heterocycles. The van der Waals surface area contributed by atoms with E-state index in [2.05, 4.69) is 50.2 Å². The van der Waals surface area contributed by atoms with Crippen LogP contribution in [0.25, 0.3) is 0 Å². The van der Waals surface area contributed by atoms with E-state index in [1.165, 1.54) is 37.7 Å². The molecule has 156 valence electrons. The summed E-state index contributed by atoms with van der Waals surface area (Å²) in [4.78, 5) is 4.70. The number of aromatic hydroxyl groups is 1. The monoisotopic (exact) mass is 509 g/mol. The molecule has 5 heteroatoms. The van der Waals surface area contributed by atoms with Gasteiger partial charge in [0.05, 0.1) is 0 Å². The molecule has 0 bridgehead atoms. The second-order valence-electron chi connectivity index (χ2n) is 8.25. The zero-order chi connectivity index (χ0) is 21.3. The Bertz CT molecular complexity index is 787. The molecule has 3 rings (SSSR count). The van der Waals surface area contributed by atoms with Crippen LogP contribution in [0.5, 0.6) is 5.75 Å². The van der Waals surface area contributed by atoms with E-state index in [-0.39, 0.29) is 5.41 Å². The molecule has 1 aliphatic carbocycles. The van der Waals surface area contributed by atoms with E-state index in [0.717, 1.165) is 23.2 Å². The fourth-order valence-corrected chi connectivity index (χ4v) is 4.05. The summed E-state index contributed by atoms with van der Waals surface area (Å²) >= 11 is -0.826. The van der Waals surface area contributed by atoms with Gasteiger partial charge in [-0.3, -0.25) is 4.99 Å². The first-order valence-corrected chi connectivity index (χ1v) is 16.6. The van der Waals surface area contributed by atoms with E-state index in [1.54, 1.807) is 0 Å². The van der Waals surface area contributed by atoms with Crippen molar-refractivity contribution in [3.05, 3.63) is 64.7 Å². The van der Waals surface area contributed by atoms with Gasteiger partial charge in [0.1, 0.15) is 5.75 Å². The maximum atomic E-state index is 11.0. The number of benzene rings is 2. The van der Waals surface area contributed by atoms with Gasteiger partial charge < -0.3 is 5.11 Å². The van der Waals surface area contributed by atoms with Gasteiger partial charge in [-0.05, 0) is 36.8 Å². The molecule has 0 unspecified atom stereocenters. The van der Waals surface area contributed by atoms with Crippen LogP contribution in [0.1, 0.15) is 68.2 Å². The van der Waals surface area contributed by atoms with Crippen molar-refractivity contribution in [2.24, 2.45) is 10.9 Å².